The molecule has 3 fully saturated rings. The van der Waals surface area contributed by atoms with Gasteiger partial charge in [-0.15, -0.1) is 0 Å². The molecule has 0 spiro atoms. The standard InChI is InChI=1S/C31H33N5O4/c32-18-21-15-20(19-9-10-19)16-24(31(39)36-11-13-40-14-12-36)29(21)34-26-7-3-4-8-27(26)35-30(38)23-17-28(37)33-25-6-2-1-5-22(23)25/h1-2,5-6,15-17,19,26-27,34H,3-4,7-14H2,(H,33,37)(H,35,38)/t26-,27+/m1/s1. The lowest BCUT2D eigenvalue weighted by Gasteiger charge is -2.35. The number of nitrogens with zero attached hydrogens (tertiary/aromatic N) is 2. The number of anilines is 1. The van der Waals surface area contributed by atoms with E-state index >= 15 is 0 Å². The number of H-pyrrole nitrogens is 1. The van der Waals surface area contributed by atoms with E-state index in [4.69, 9.17) is 4.74 Å². The predicted octanol–water partition coefficient (Wildman–Crippen LogP) is 3.90. The number of fused-ring (bicyclic) bond motifs is 1. The molecule has 3 aliphatic rings. The van der Waals surface area contributed by atoms with Gasteiger partial charge in [-0.25, -0.2) is 0 Å². The third kappa shape index (κ3) is 5.32. The Morgan fingerprint density at radius 3 is 2.48 bits per heavy atom. The number of para-hydroxylation sites is 1. The molecule has 3 aromatic rings. The van der Waals surface area contributed by atoms with Crippen molar-refractivity contribution in [2.24, 2.45) is 0 Å². The second kappa shape index (κ2) is 11.1. The van der Waals surface area contributed by atoms with Gasteiger partial charge in [0, 0.05) is 42.1 Å². The Hall–Kier alpha value is -4.16. The van der Waals surface area contributed by atoms with E-state index in [1.54, 1.807) is 11.0 Å². The Kier molecular flexibility index (Phi) is 7.27. The van der Waals surface area contributed by atoms with Crippen molar-refractivity contribution in [1.82, 2.24) is 15.2 Å². The van der Waals surface area contributed by atoms with Gasteiger partial charge < -0.3 is 25.3 Å². The van der Waals surface area contributed by atoms with Crippen molar-refractivity contribution < 1.29 is 14.3 Å². The summed E-state index contributed by atoms with van der Waals surface area (Å²) in [4.78, 5) is 44.1. The van der Waals surface area contributed by atoms with Gasteiger partial charge in [0.1, 0.15) is 6.07 Å². The van der Waals surface area contributed by atoms with Gasteiger partial charge in [0.25, 0.3) is 11.8 Å². The maximum Gasteiger partial charge on any atom is 0.256 e. The van der Waals surface area contributed by atoms with Crippen molar-refractivity contribution >= 4 is 28.4 Å². The number of benzene rings is 2. The van der Waals surface area contributed by atoms with Crippen molar-refractivity contribution in [3.05, 3.63) is 75.1 Å². The Balaban J connectivity index is 1.31. The molecule has 9 heteroatoms. The molecule has 0 radical (unpaired) electrons. The molecule has 1 saturated heterocycles. The summed E-state index contributed by atoms with van der Waals surface area (Å²) >= 11 is 0. The van der Waals surface area contributed by atoms with Crippen LogP contribution in [0.3, 0.4) is 0 Å². The maximum absolute atomic E-state index is 13.7. The van der Waals surface area contributed by atoms with E-state index in [0.717, 1.165) is 44.1 Å². The number of pyridine rings is 1. The molecule has 1 aliphatic heterocycles. The first kappa shape index (κ1) is 26.1. The zero-order valence-corrected chi connectivity index (χ0v) is 22.4. The predicted molar refractivity (Wildman–Crippen MR) is 152 cm³/mol. The van der Waals surface area contributed by atoms with E-state index in [1.165, 1.54) is 6.07 Å². The molecule has 1 aromatic heterocycles. The Morgan fingerprint density at radius 1 is 0.975 bits per heavy atom. The van der Waals surface area contributed by atoms with Crippen LogP contribution in [0, 0.1) is 11.3 Å². The molecule has 0 unspecified atom stereocenters. The van der Waals surface area contributed by atoms with E-state index in [0.29, 0.717) is 65.5 Å². The lowest BCUT2D eigenvalue weighted by atomic mass is 9.88. The number of morpholine rings is 1. The van der Waals surface area contributed by atoms with Crippen molar-refractivity contribution in [2.75, 3.05) is 31.6 Å². The molecule has 2 amide bonds. The van der Waals surface area contributed by atoms with Gasteiger partial charge in [-0.2, -0.15) is 5.26 Å². The van der Waals surface area contributed by atoms with Crippen LogP contribution >= 0.6 is 0 Å². The topological polar surface area (TPSA) is 127 Å². The number of hydrogen-bond acceptors (Lipinski definition) is 6. The van der Waals surface area contributed by atoms with Crippen LogP contribution in [-0.4, -0.2) is 60.1 Å². The van der Waals surface area contributed by atoms with Crippen LogP contribution in [0.5, 0.6) is 0 Å². The fraction of sp³-hybridized carbons (Fsp3) is 0.419. The highest BCUT2D eigenvalue weighted by Gasteiger charge is 2.32. The number of nitrogens with one attached hydrogen (secondary N) is 3. The number of rotatable bonds is 6. The monoisotopic (exact) mass is 539 g/mol. The number of aromatic nitrogens is 1. The Labute approximate surface area is 232 Å². The van der Waals surface area contributed by atoms with Gasteiger partial charge in [0.2, 0.25) is 5.56 Å². The molecule has 206 valence electrons. The van der Waals surface area contributed by atoms with Gasteiger partial charge in [-0.05, 0) is 55.4 Å². The lowest BCUT2D eigenvalue weighted by Crippen LogP contribution is -2.49. The second-order valence-electron chi connectivity index (χ2n) is 11.0. The highest BCUT2D eigenvalue weighted by atomic mass is 16.5. The van der Waals surface area contributed by atoms with Crippen LogP contribution < -0.4 is 16.2 Å². The van der Waals surface area contributed by atoms with Gasteiger partial charge >= 0.3 is 0 Å². The fourth-order valence-corrected chi connectivity index (χ4v) is 5.97. The van der Waals surface area contributed by atoms with Crippen LogP contribution in [0.4, 0.5) is 5.69 Å². The summed E-state index contributed by atoms with van der Waals surface area (Å²) in [5, 5.41) is 17.5. The molecule has 2 saturated carbocycles. The largest absolute Gasteiger partial charge is 0.379 e. The zero-order valence-electron chi connectivity index (χ0n) is 22.4. The van der Waals surface area contributed by atoms with Crippen molar-refractivity contribution in [3.63, 3.8) is 0 Å². The summed E-state index contributed by atoms with van der Waals surface area (Å²) in [6, 6.07) is 14.4. The fourth-order valence-electron chi connectivity index (χ4n) is 5.97. The van der Waals surface area contributed by atoms with E-state index in [2.05, 4.69) is 21.7 Å². The second-order valence-corrected chi connectivity index (χ2v) is 11.0. The summed E-state index contributed by atoms with van der Waals surface area (Å²) in [5.41, 5.74) is 3.15. The van der Waals surface area contributed by atoms with E-state index in [1.807, 2.05) is 30.3 Å². The molecule has 0 bridgehead atoms. The summed E-state index contributed by atoms with van der Waals surface area (Å²) in [6.45, 7) is 2.02. The molecular weight excluding hydrogens is 506 g/mol. The minimum absolute atomic E-state index is 0.101. The number of amides is 2. The SMILES string of the molecule is N#Cc1cc(C2CC2)cc(C(=O)N2CCOCC2)c1N[C@@H]1CCCC[C@@H]1NC(=O)c1cc(=O)[nH]c2ccccc12. The van der Waals surface area contributed by atoms with Crippen LogP contribution in [0.1, 0.15) is 76.3 Å². The molecule has 2 aliphatic carbocycles. The maximum atomic E-state index is 13.7. The van der Waals surface area contributed by atoms with Crippen molar-refractivity contribution in [1.29, 1.82) is 5.26 Å². The minimum Gasteiger partial charge on any atom is -0.379 e. The zero-order chi connectivity index (χ0) is 27.6. The van der Waals surface area contributed by atoms with E-state index in [9.17, 15) is 19.6 Å². The number of aromatic amines is 1. The average molecular weight is 540 g/mol. The number of hydrogen-bond donors (Lipinski definition) is 3. The first-order valence-corrected chi connectivity index (χ1v) is 14.2. The van der Waals surface area contributed by atoms with E-state index < -0.39 is 0 Å². The van der Waals surface area contributed by atoms with E-state index in [-0.39, 0.29) is 29.5 Å². The molecular formula is C31H33N5O4. The third-order valence-electron chi connectivity index (χ3n) is 8.27. The average Bonchev–Trinajstić information content (AvgIpc) is 3.83. The molecule has 2 atom stereocenters. The molecule has 40 heavy (non-hydrogen) atoms. The molecule has 6 rings (SSSR count). The van der Waals surface area contributed by atoms with Crippen LogP contribution in [0.25, 0.3) is 10.9 Å². The molecule has 2 heterocycles. The lowest BCUT2D eigenvalue weighted by molar-refractivity contribution is 0.0303. The van der Waals surface area contributed by atoms with Gasteiger partial charge in [0.15, 0.2) is 0 Å². The first-order chi connectivity index (χ1) is 19.5. The summed E-state index contributed by atoms with van der Waals surface area (Å²) < 4.78 is 5.45. The van der Waals surface area contributed by atoms with Crippen molar-refractivity contribution in [3.8, 4) is 6.07 Å². The van der Waals surface area contributed by atoms with Crippen LogP contribution in [-0.2, 0) is 4.74 Å². The number of carbonyl (C=O) groups is 2. The number of carbonyl (C=O) groups excluding carboxylic acids is 2. The number of ether oxygens (including phenoxy) is 1. The highest BCUT2D eigenvalue weighted by Crippen LogP contribution is 2.42. The minimum atomic E-state index is -0.331. The Morgan fingerprint density at radius 2 is 1.73 bits per heavy atom. The van der Waals surface area contributed by atoms with Gasteiger partial charge in [-0.3, -0.25) is 14.4 Å². The Bertz CT molecular complexity index is 1550. The summed E-state index contributed by atoms with van der Waals surface area (Å²) in [7, 11) is 0. The van der Waals surface area contributed by atoms with Crippen LogP contribution in [0.15, 0.2) is 47.3 Å². The quantitative estimate of drug-likeness (QED) is 0.436. The normalized spacial score (nSPS) is 21.0. The summed E-state index contributed by atoms with van der Waals surface area (Å²) in [5.74, 6) is -0.0191. The highest BCUT2D eigenvalue weighted by molar-refractivity contribution is 6.06. The van der Waals surface area contributed by atoms with Crippen molar-refractivity contribution in [2.45, 2.75) is 56.5 Å². The smallest absolute Gasteiger partial charge is 0.256 e. The van der Waals surface area contributed by atoms with Crippen LogP contribution in [0.2, 0.25) is 0 Å². The molecule has 3 N–H and O–H groups in total. The number of nitriles is 1. The molecule has 2 aromatic carbocycles. The third-order valence-corrected chi connectivity index (χ3v) is 8.27. The summed E-state index contributed by atoms with van der Waals surface area (Å²) in [6.07, 6.45) is 5.57. The molecule has 9 nitrogen and oxygen atoms in total. The van der Waals surface area contributed by atoms with Gasteiger partial charge in [0.05, 0.1) is 35.6 Å². The van der Waals surface area contributed by atoms with Gasteiger partial charge in [-0.1, -0.05) is 31.0 Å². The first-order valence-electron chi connectivity index (χ1n) is 14.2.